The van der Waals surface area contributed by atoms with Crippen LogP contribution < -0.4 is 20.6 Å². The number of anilines is 2. The molecule has 0 atom stereocenters. The van der Waals surface area contributed by atoms with Gasteiger partial charge in [0, 0.05) is 11.1 Å². The topological polar surface area (TPSA) is 257 Å². The number of H-pyrrole nitrogens is 4. The van der Waals surface area contributed by atoms with Crippen LogP contribution in [0.15, 0.2) is 97.1 Å². The molecule has 44 heavy (non-hydrogen) atoms. The van der Waals surface area contributed by atoms with E-state index in [9.17, 15) is 10.2 Å². The Balaban J connectivity index is 0.000000194. The van der Waals surface area contributed by atoms with Crippen LogP contribution in [0.25, 0.3) is 22.1 Å². The average Bonchev–Trinajstić information content (AvgIpc) is 3.60. The number of imidazole rings is 2. The van der Waals surface area contributed by atoms with E-state index in [0.717, 1.165) is 45.1 Å². The smallest absolute Gasteiger partial charge is 0.353 e. The van der Waals surface area contributed by atoms with Crippen LogP contribution in [0.4, 0.5) is 11.9 Å². The van der Waals surface area contributed by atoms with Crippen molar-refractivity contribution in [3.05, 3.63) is 139 Å². The van der Waals surface area contributed by atoms with Gasteiger partial charge in [-0.25, -0.2) is 19.9 Å². The molecular weight excluding hydrogens is 576 g/mol. The summed E-state index contributed by atoms with van der Waals surface area (Å²) in [5.41, 5.74) is 5.94. The van der Waals surface area contributed by atoms with Gasteiger partial charge < -0.3 is 40.9 Å². The van der Waals surface area contributed by atoms with Gasteiger partial charge in [0.25, 0.3) is 0 Å². The third-order valence-electron chi connectivity index (χ3n) is 5.79. The predicted molar refractivity (Wildman–Crippen MR) is 161 cm³/mol. The van der Waals surface area contributed by atoms with Gasteiger partial charge in [0.15, 0.2) is 0 Å². The maximum atomic E-state index is 9.67. The first kappa shape index (κ1) is 31.9. The summed E-state index contributed by atoms with van der Waals surface area (Å²) < 4.78 is 0. The molecule has 0 aliphatic carbocycles. The Morgan fingerprint density at radius 2 is 0.886 bits per heavy atom. The highest BCUT2D eigenvalue weighted by atomic mass is 16.9. The first-order valence-corrected chi connectivity index (χ1v) is 12.8. The van der Waals surface area contributed by atoms with Crippen LogP contribution in [0, 0.1) is 30.6 Å². The fourth-order valence-electron chi connectivity index (χ4n) is 3.87. The molecule has 2 heterocycles. The van der Waals surface area contributed by atoms with Gasteiger partial charge in [0.1, 0.15) is 33.6 Å². The van der Waals surface area contributed by atoms with Crippen LogP contribution in [0.3, 0.4) is 0 Å². The Morgan fingerprint density at radius 3 is 1.23 bits per heavy atom. The quantitative estimate of drug-likeness (QED) is 0.117. The third kappa shape index (κ3) is 10.4. The molecule has 0 unspecified atom stereocenters. The molecule has 0 bridgehead atoms. The lowest BCUT2D eigenvalue weighted by Crippen LogP contribution is -2.10. The monoisotopic (exact) mass is 604 g/mol. The molecule has 6 rings (SSSR count). The number of fused-ring (bicyclic) bond motifs is 2. The van der Waals surface area contributed by atoms with Crippen molar-refractivity contribution < 1.29 is 30.4 Å². The Hall–Kier alpha value is -6.58. The predicted octanol–water partition coefficient (Wildman–Crippen LogP) is 4.12. The normalized spacial score (nSPS) is 9.82. The Labute approximate surface area is 248 Å². The molecule has 8 N–H and O–H groups in total. The van der Waals surface area contributed by atoms with Gasteiger partial charge in [-0.1, -0.05) is 60.7 Å². The molecule has 0 saturated carbocycles. The zero-order valence-electron chi connectivity index (χ0n) is 22.9. The zero-order chi connectivity index (χ0) is 31.9. The third-order valence-corrected chi connectivity index (χ3v) is 5.79. The van der Waals surface area contributed by atoms with Crippen LogP contribution in [-0.4, -0.2) is 30.4 Å². The lowest BCUT2D eigenvalue weighted by Gasteiger charge is -2.01. The van der Waals surface area contributed by atoms with Crippen LogP contribution in [0.1, 0.15) is 11.1 Å². The Morgan fingerprint density at radius 1 is 0.568 bits per heavy atom. The van der Waals surface area contributed by atoms with Gasteiger partial charge in [-0.2, -0.15) is 0 Å². The van der Waals surface area contributed by atoms with E-state index < -0.39 is 10.2 Å². The van der Waals surface area contributed by atoms with Crippen molar-refractivity contribution in [1.82, 2.24) is 9.97 Å². The number of aromatic hydroxyl groups is 2. The van der Waals surface area contributed by atoms with Crippen LogP contribution in [0.5, 0.6) is 11.5 Å². The number of aromatic nitrogens is 4. The van der Waals surface area contributed by atoms with Crippen molar-refractivity contribution in [3.63, 3.8) is 0 Å². The summed E-state index contributed by atoms with van der Waals surface area (Å²) in [6.45, 7) is 1.13. The Kier molecular flexibility index (Phi) is 11.6. The minimum Gasteiger partial charge on any atom is -0.508 e. The number of phenols is 2. The first-order chi connectivity index (χ1) is 21.1. The van der Waals surface area contributed by atoms with E-state index in [1.165, 1.54) is 0 Å². The van der Waals surface area contributed by atoms with Gasteiger partial charge in [0.2, 0.25) is 0 Å². The van der Waals surface area contributed by atoms with Gasteiger partial charge in [-0.15, -0.1) is 0 Å². The molecule has 16 heteroatoms. The van der Waals surface area contributed by atoms with Gasteiger partial charge in [-0.05, 0) is 36.4 Å². The number of aromatic amines is 4. The van der Waals surface area contributed by atoms with E-state index in [2.05, 4.69) is 30.6 Å². The van der Waals surface area contributed by atoms with Crippen molar-refractivity contribution in [2.45, 2.75) is 13.1 Å². The molecule has 0 aliphatic heterocycles. The number of phenolic OH excluding ortho intramolecular Hbond substituents is 2. The van der Waals surface area contributed by atoms with Crippen molar-refractivity contribution in [2.24, 2.45) is 0 Å². The number of para-hydroxylation sites is 6. The van der Waals surface area contributed by atoms with E-state index >= 15 is 0 Å². The minimum atomic E-state index is -1.75. The molecule has 0 radical (unpaired) electrons. The van der Waals surface area contributed by atoms with Crippen LogP contribution in [-0.2, 0) is 13.1 Å². The summed E-state index contributed by atoms with van der Waals surface area (Å²) >= 11 is 0. The van der Waals surface area contributed by atoms with E-state index in [0.29, 0.717) is 24.6 Å². The number of rotatable bonds is 6. The molecule has 228 valence electrons. The lowest BCUT2D eigenvalue weighted by atomic mass is 10.2. The van der Waals surface area contributed by atoms with E-state index in [1.54, 1.807) is 12.1 Å². The maximum absolute atomic E-state index is 9.67. The molecule has 0 spiro atoms. The number of hydrogen-bond acceptors (Lipinski definition) is 10. The molecule has 4 aromatic carbocycles. The maximum Gasteiger partial charge on any atom is 0.353 e. The number of nitrogens with one attached hydrogen (secondary N) is 6. The second kappa shape index (κ2) is 16.0. The molecule has 16 nitrogen and oxygen atoms in total. The summed E-state index contributed by atoms with van der Waals surface area (Å²) in [4.78, 5) is 29.4. The molecule has 0 fully saturated rings. The second-order valence-electron chi connectivity index (χ2n) is 8.75. The largest absolute Gasteiger partial charge is 0.508 e. The molecular formula is C28H28N8O8. The fourth-order valence-corrected chi connectivity index (χ4v) is 3.87. The molecule has 0 amide bonds. The van der Waals surface area contributed by atoms with Crippen molar-refractivity contribution >= 4 is 34.0 Å². The second-order valence-corrected chi connectivity index (χ2v) is 8.75. The van der Waals surface area contributed by atoms with Crippen LogP contribution in [0.2, 0.25) is 0 Å². The van der Waals surface area contributed by atoms with Crippen molar-refractivity contribution in [3.8, 4) is 11.5 Å². The summed E-state index contributed by atoms with van der Waals surface area (Å²) in [6, 6.07) is 30.6. The highest BCUT2D eigenvalue weighted by Gasteiger charge is 2.10. The summed E-state index contributed by atoms with van der Waals surface area (Å²) in [5.74, 6) is 2.28. The molecule has 2 aromatic heterocycles. The summed E-state index contributed by atoms with van der Waals surface area (Å²) in [6.07, 6.45) is 0. The number of benzene rings is 4. The average molecular weight is 605 g/mol. The SMILES string of the molecule is O=[N+]([O-])[O-].O=[N+]([O-])[O-].Oc1ccccc1CNc1[nH]c2ccccc2[nH+]1.Oc1ccccc1CNc1[nH]c2ccccc2[nH+]1. The number of nitrogens with zero attached hydrogens (tertiary/aromatic N) is 2. The van der Waals surface area contributed by atoms with Gasteiger partial charge in [-0.3, -0.25) is 10.6 Å². The number of hydrogen-bond donors (Lipinski definition) is 6. The van der Waals surface area contributed by atoms with Gasteiger partial charge >= 0.3 is 11.9 Å². The standard InChI is InChI=1S/2C14H13N3O.2NO3/c2*18-13-8-4-1-5-10(13)9-15-14-16-11-6-2-3-7-12(11)17-14;2*2-1(3)4/h2*1-8,18H,9H2,(H2,15,16,17);;/q;;2*-1/p+2. The highest BCUT2D eigenvalue weighted by molar-refractivity contribution is 5.73. The molecule has 6 aromatic rings. The first-order valence-electron chi connectivity index (χ1n) is 12.8. The van der Waals surface area contributed by atoms with Gasteiger partial charge in [0.05, 0.1) is 23.3 Å². The van der Waals surface area contributed by atoms with E-state index in [1.807, 2.05) is 84.9 Å². The summed E-state index contributed by atoms with van der Waals surface area (Å²) in [5, 5.41) is 55.3. The Bertz CT molecular complexity index is 1600. The van der Waals surface area contributed by atoms with Crippen LogP contribution >= 0.6 is 0 Å². The lowest BCUT2D eigenvalue weighted by molar-refractivity contribution is -0.403. The van der Waals surface area contributed by atoms with Crippen molar-refractivity contribution in [2.75, 3.05) is 10.6 Å². The van der Waals surface area contributed by atoms with Crippen molar-refractivity contribution in [1.29, 1.82) is 0 Å². The molecule has 0 saturated heterocycles. The molecule has 0 aliphatic rings. The fraction of sp³-hybridized carbons (Fsp3) is 0.0714. The minimum absolute atomic E-state index is 0.307. The summed E-state index contributed by atoms with van der Waals surface area (Å²) in [7, 11) is 0. The highest BCUT2D eigenvalue weighted by Crippen LogP contribution is 2.18. The zero-order valence-corrected chi connectivity index (χ0v) is 22.9. The van der Waals surface area contributed by atoms with E-state index in [4.69, 9.17) is 30.6 Å². The van der Waals surface area contributed by atoms with E-state index in [-0.39, 0.29) is 0 Å².